The molecule has 24 heavy (non-hydrogen) atoms. The molecule has 130 valence electrons. The molecule has 1 saturated heterocycles. The summed E-state index contributed by atoms with van der Waals surface area (Å²) in [7, 11) is -3.43. The lowest BCUT2D eigenvalue weighted by atomic mass is 10.2. The summed E-state index contributed by atoms with van der Waals surface area (Å²) in [6, 6.07) is 9.03. The number of rotatable bonds is 6. The van der Waals surface area contributed by atoms with Crippen LogP contribution in [0.2, 0.25) is 0 Å². The van der Waals surface area contributed by atoms with Crippen LogP contribution in [0.5, 0.6) is 0 Å². The number of hydrogen-bond acceptors (Lipinski definition) is 4. The van der Waals surface area contributed by atoms with E-state index in [-0.39, 0.29) is 17.9 Å². The first-order valence-corrected chi connectivity index (χ1v) is 10.3. The minimum Gasteiger partial charge on any atom is -0.377 e. The molecule has 6 heteroatoms. The third-order valence-corrected chi connectivity index (χ3v) is 6.76. The van der Waals surface area contributed by atoms with E-state index in [9.17, 15) is 8.42 Å². The van der Waals surface area contributed by atoms with E-state index in [0.717, 1.165) is 45.1 Å². The third-order valence-electron chi connectivity index (χ3n) is 4.90. The summed E-state index contributed by atoms with van der Waals surface area (Å²) in [6.07, 6.45) is 6.01. The van der Waals surface area contributed by atoms with E-state index in [4.69, 9.17) is 10.00 Å². The molecule has 3 rings (SSSR count). The van der Waals surface area contributed by atoms with Crippen LogP contribution >= 0.6 is 0 Å². The Morgan fingerprint density at radius 1 is 1.21 bits per heavy atom. The molecule has 1 unspecified atom stereocenters. The lowest BCUT2D eigenvalue weighted by molar-refractivity contribution is 0.0861. The van der Waals surface area contributed by atoms with Crippen LogP contribution < -0.4 is 0 Å². The van der Waals surface area contributed by atoms with Crippen molar-refractivity contribution < 1.29 is 13.2 Å². The fourth-order valence-corrected chi connectivity index (χ4v) is 5.52. The molecule has 2 aliphatic rings. The molecule has 1 aliphatic heterocycles. The second-order valence-corrected chi connectivity index (χ2v) is 8.63. The second-order valence-electron chi connectivity index (χ2n) is 6.71. The van der Waals surface area contributed by atoms with Gasteiger partial charge in [-0.2, -0.15) is 9.57 Å². The lowest BCUT2D eigenvalue weighted by Crippen LogP contribution is -2.43. The van der Waals surface area contributed by atoms with Gasteiger partial charge in [-0.1, -0.05) is 25.0 Å². The van der Waals surface area contributed by atoms with Gasteiger partial charge in [-0.15, -0.1) is 0 Å². The molecule has 0 spiro atoms. The van der Waals surface area contributed by atoms with E-state index >= 15 is 0 Å². The molecule has 1 atom stereocenters. The van der Waals surface area contributed by atoms with Crippen LogP contribution in [-0.4, -0.2) is 38.0 Å². The number of benzene rings is 1. The zero-order valence-electron chi connectivity index (χ0n) is 13.9. The first kappa shape index (κ1) is 17.4. The molecule has 1 aliphatic carbocycles. The van der Waals surface area contributed by atoms with Gasteiger partial charge in [-0.05, 0) is 43.4 Å². The van der Waals surface area contributed by atoms with Crippen molar-refractivity contribution in [1.82, 2.24) is 4.31 Å². The molecule has 1 heterocycles. The van der Waals surface area contributed by atoms with Gasteiger partial charge in [-0.3, -0.25) is 0 Å². The molecule has 0 radical (unpaired) electrons. The predicted octanol–water partition coefficient (Wildman–Crippen LogP) is 2.81. The van der Waals surface area contributed by atoms with Crippen LogP contribution in [0.3, 0.4) is 0 Å². The van der Waals surface area contributed by atoms with Gasteiger partial charge in [0.05, 0.1) is 23.5 Å². The molecule has 0 N–H and O–H groups in total. The highest BCUT2D eigenvalue weighted by molar-refractivity contribution is 7.88. The van der Waals surface area contributed by atoms with E-state index in [2.05, 4.69) is 6.07 Å². The zero-order valence-corrected chi connectivity index (χ0v) is 14.7. The van der Waals surface area contributed by atoms with Crippen molar-refractivity contribution in [2.24, 2.45) is 0 Å². The fourth-order valence-electron chi connectivity index (χ4n) is 3.70. The summed E-state index contributed by atoms with van der Waals surface area (Å²) in [4.78, 5) is 0. The average Bonchev–Trinajstić information content (AvgIpc) is 3.25. The van der Waals surface area contributed by atoms with E-state index in [1.54, 1.807) is 28.6 Å². The van der Waals surface area contributed by atoms with Crippen molar-refractivity contribution >= 4 is 10.0 Å². The normalized spacial score (nSPS) is 22.1. The monoisotopic (exact) mass is 348 g/mol. The van der Waals surface area contributed by atoms with Crippen molar-refractivity contribution in [3.8, 4) is 6.07 Å². The van der Waals surface area contributed by atoms with Gasteiger partial charge in [-0.25, -0.2) is 8.42 Å². The minimum atomic E-state index is -3.43. The molecule has 0 aromatic heterocycles. The highest BCUT2D eigenvalue weighted by Gasteiger charge is 2.34. The summed E-state index contributed by atoms with van der Waals surface area (Å²) >= 11 is 0. The Labute approximate surface area is 144 Å². The summed E-state index contributed by atoms with van der Waals surface area (Å²) in [5.41, 5.74) is 1.17. The van der Waals surface area contributed by atoms with E-state index in [1.165, 1.54) is 0 Å². The molecule has 1 aromatic rings. The summed E-state index contributed by atoms with van der Waals surface area (Å²) in [5.74, 6) is -0.0499. The highest BCUT2D eigenvalue weighted by atomic mass is 32.2. The molecule has 2 fully saturated rings. The third kappa shape index (κ3) is 4.15. The number of sulfonamides is 1. The van der Waals surface area contributed by atoms with Gasteiger partial charge in [0.2, 0.25) is 10.0 Å². The van der Waals surface area contributed by atoms with Crippen molar-refractivity contribution in [1.29, 1.82) is 5.26 Å². The topological polar surface area (TPSA) is 70.4 Å². The Balaban J connectivity index is 1.79. The number of ether oxygens (including phenoxy) is 1. The van der Waals surface area contributed by atoms with Gasteiger partial charge < -0.3 is 4.74 Å². The van der Waals surface area contributed by atoms with Crippen molar-refractivity contribution in [2.45, 2.75) is 56.4 Å². The molecule has 0 amide bonds. The molecular weight excluding hydrogens is 324 g/mol. The van der Waals surface area contributed by atoms with Crippen LogP contribution in [0.15, 0.2) is 24.3 Å². The van der Waals surface area contributed by atoms with E-state index in [0.29, 0.717) is 17.7 Å². The predicted molar refractivity (Wildman–Crippen MR) is 91.7 cm³/mol. The quantitative estimate of drug-likeness (QED) is 0.792. The lowest BCUT2D eigenvalue weighted by Gasteiger charge is -2.30. The van der Waals surface area contributed by atoms with Gasteiger partial charge in [0.25, 0.3) is 0 Å². The maximum Gasteiger partial charge on any atom is 0.218 e. The fraction of sp³-hybridized carbons (Fsp3) is 0.611. The average molecular weight is 348 g/mol. The van der Waals surface area contributed by atoms with Crippen LogP contribution in [-0.2, 0) is 20.5 Å². The first-order valence-electron chi connectivity index (χ1n) is 8.68. The summed E-state index contributed by atoms with van der Waals surface area (Å²) in [5, 5.41) is 9.01. The standard InChI is InChI=1S/C18H24N2O3S/c19-12-15-5-3-6-16(11-15)14-24(21,22)20(17-7-1-2-8-17)13-18-9-4-10-23-18/h3,5-6,11,17-18H,1-2,4,7-10,13-14H2. The second kappa shape index (κ2) is 7.64. The van der Waals surface area contributed by atoms with Crippen LogP contribution in [0.1, 0.15) is 49.7 Å². The van der Waals surface area contributed by atoms with Gasteiger partial charge in [0.15, 0.2) is 0 Å². The Bertz CT molecular complexity index is 699. The molecule has 0 bridgehead atoms. The maximum absolute atomic E-state index is 13.1. The van der Waals surface area contributed by atoms with Crippen LogP contribution in [0.25, 0.3) is 0 Å². The largest absolute Gasteiger partial charge is 0.377 e. The van der Waals surface area contributed by atoms with Gasteiger partial charge in [0, 0.05) is 19.2 Å². The number of nitriles is 1. The Hall–Kier alpha value is -1.42. The van der Waals surface area contributed by atoms with Crippen molar-refractivity contribution in [3.05, 3.63) is 35.4 Å². The molecular formula is C18H24N2O3S. The Kier molecular flexibility index (Phi) is 5.54. The molecule has 5 nitrogen and oxygen atoms in total. The molecule has 1 aromatic carbocycles. The summed E-state index contributed by atoms with van der Waals surface area (Å²) in [6.45, 7) is 1.19. The van der Waals surface area contributed by atoms with Gasteiger partial charge >= 0.3 is 0 Å². The Morgan fingerprint density at radius 2 is 2.00 bits per heavy atom. The van der Waals surface area contributed by atoms with Crippen molar-refractivity contribution in [2.75, 3.05) is 13.2 Å². The minimum absolute atomic E-state index is 0.0193. The van der Waals surface area contributed by atoms with Crippen LogP contribution in [0, 0.1) is 11.3 Å². The highest BCUT2D eigenvalue weighted by Crippen LogP contribution is 2.29. The van der Waals surface area contributed by atoms with E-state index < -0.39 is 10.0 Å². The molecule has 1 saturated carbocycles. The van der Waals surface area contributed by atoms with Gasteiger partial charge in [0.1, 0.15) is 0 Å². The van der Waals surface area contributed by atoms with Crippen molar-refractivity contribution in [3.63, 3.8) is 0 Å². The first-order chi connectivity index (χ1) is 11.6. The maximum atomic E-state index is 13.1. The Morgan fingerprint density at radius 3 is 2.67 bits per heavy atom. The SMILES string of the molecule is N#Cc1cccc(CS(=O)(=O)N(CC2CCCO2)C2CCCC2)c1. The van der Waals surface area contributed by atoms with E-state index in [1.807, 2.05) is 0 Å². The van der Waals surface area contributed by atoms with Crippen LogP contribution in [0.4, 0.5) is 0 Å². The smallest absolute Gasteiger partial charge is 0.218 e. The number of hydrogen-bond donors (Lipinski definition) is 0. The zero-order chi connectivity index (χ0) is 17.0. The summed E-state index contributed by atoms with van der Waals surface area (Å²) < 4.78 is 33.5. The number of nitrogens with zero attached hydrogens (tertiary/aromatic N) is 2.